The van der Waals surface area contributed by atoms with Gasteiger partial charge in [-0.25, -0.2) is 4.98 Å². The predicted molar refractivity (Wildman–Crippen MR) is 115 cm³/mol. The number of carbonyl (C=O) groups excluding carboxylic acids is 2. The monoisotopic (exact) mass is 420 g/mol. The second kappa shape index (κ2) is 14.0. The van der Waals surface area contributed by atoms with Crippen LogP contribution in [0.1, 0.15) is 61.6 Å². The Kier molecular flexibility index (Phi) is 11.3. The van der Waals surface area contributed by atoms with E-state index in [1.807, 2.05) is 6.92 Å². The lowest BCUT2D eigenvalue weighted by Gasteiger charge is -2.24. The Labute approximate surface area is 180 Å². The maximum Gasteiger partial charge on any atom is 0.274 e. The van der Waals surface area contributed by atoms with Gasteiger partial charge in [0.2, 0.25) is 5.91 Å². The summed E-state index contributed by atoms with van der Waals surface area (Å²) in [5.41, 5.74) is 1.12. The second-order valence-corrected chi connectivity index (χ2v) is 7.96. The Morgan fingerprint density at radius 3 is 2.60 bits per heavy atom. The number of quaternary nitrogens is 1. The van der Waals surface area contributed by atoms with Crippen LogP contribution in [0.2, 0.25) is 0 Å². The van der Waals surface area contributed by atoms with Crippen LogP contribution in [0.15, 0.2) is 12.4 Å². The maximum absolute atomic E-state index is 12.8. The molecule has 2 rings (SSSR count). The fourth-order valence-electron chi connectivity index (χ4n) is 3.51. The first-order valence-corrected chi connectivity index (χ1v) is 11.4. The minimum absolute atomic E-state index is 0.00618. The van der Waals surface area contributed by atoms with Crippen LogP contribution in [0.4, 0.5) is 0 Å². The maximum atomic E-state index is 12.8. The van der Waals surface area contributed by atoms with Crippen LogP contribution < -0.4 is 10.2 Å². The molecule has 0 bridgehead atoms. The summed E-state index contributed by atoms with van der Waals surface area (Å²) in [7, 11) is 0. The topological polar surface area (TPSA) is 88.9 Å². The first kappa shape index (κ1) is 24.2. The lowest BCUT2D eigenvalue weighted by atomic mass is 10.2. The van der Waals surface area contributed by atoms with Gasteiger partial charge < -0.3 is 19.9 Å². The Balaban J connectivity index is 1.75. The molecule has 1 aliphatic rings. The van der Waals surface area contributed by atoms with Crippen LogP contribution in [0.3, 0.4) is 0 Å². The van der Waals surface area contributed by atoms with Crippen LogP contribution in [0, 0.1) is 6.92 Å². The number of nitrogens with zero attached hydrogens (tertiary/aromatic N) is 3. The molecule has 0 unspecified atom stereocenters. The summed E-state index contributed by atoms with van der Waals surface area (Å²) in [6.07, 6.45) is 8.70. The van der Waals surface area contributed by atoms with Gasteiger partial charge in [0, 0.05) is 38.7 Å². The molecule has 0 atom stereocenters. The number of aryl methyl sites for hydroxylation is 1. The summed E-state index contributed by atoms with van der Waals surface area (Å²) in [4.78, 5) is 36.8. The van der Waals surface area contributed by atoms with E-state index in [1.54, 1.807) is 16.0 Å². The molecule has 2 heterocycles. The number of aromatic nitrogens is 2. The van der Waals surface area contributed by atoms with Gasteiger partial charge in [-0.05, 0) is 13.3 Å². The van der Waals surface area contributed by atoms with E-state index in [9.17, 15) is 9.59 Å². The molecule has 168 valence electrons. The Bertz CT molecular complexity index is 632. The lowest BCUT2D eigenvalue weighted by molar-refractivity contribution is -0.908. The number of hydrogen-bond donors (Lipinski definition) is 2. The predicted octanol–water partition coefficient (Wildman–Crippen LogP) is 0.619. The third kappa shape index (κ3) is 9.17. The van der Waals surface area contributed by atoms with E-state index >= 15 is 0 Å². The van der Waals surface area contributed by atoms with Crippen molar-refractivity contribution in [3.63, 3.8) is 0 Å². The molecule has 8 heteroatoms. The minimum Gasteiger partial charge on any atom is -0.370 e. The highest BCUT2D eigenvalue weighted by Crippen LogP contribution is 2.07. The summed E-state index contributed by atoms with van der Waals surface area (Å²) >= 11 is 0. The summed E-state index contributed by atoms with van der Waals surface area (Å²) < 4.78 is 5.37. The molecule has 0 aliphatic carbocycles. The standard InChI is InChI=1S/C22H37N5O3/c1-3-4-5-6-11-27(22(29)20-18-24-19(2)17-25-20)12-8-21(28)23-9-7-10-26-13-15-30-16-14-26/h17-18H,3-16H2,1-2H3,(H,23,28)/p+1. The molecule has 1 fully saturated rings. The molecule has 1 aromatic heterocycles. The second-order valence-electron chi connectivity index (χ2n) is 7.96. The number of hydrogen-bond acceptors (Lipinski definition) is 5. The van der Waals surface area contributed by atoms with Crippen LogP contribution >= 0.6 is 0 Å². The van der Waals surface area contributed by atoms with Crippen LogP contribution in [-0.2, 0) is 9.53 Å². The van der Waals surface area contributed by atoms with Crippen molar-refractivity contribution in [2.75, 3.05) is 52.5 Å². The number of carbonyl (C=O) groups is 2. The number of unbranched alkanes of at least 4 members (excludes halogenated alkanes) is 3. The first-order chi connectivity index (χ1) is 14.6. The molecule has 0 saturated carbocycles. The summed E-state index contributed by atoms with van der Waals surface area (Å²) in [5, 5.41) is 2.99. The Hall–Kier alpha value is -2.06. The van der Waals surface area contributed by atoms with Crippen molar-refractivity contribution in [1.82, 2.24) is 20.2 Å². The zero-order valence-corrected chi connectivity index (χ0v) is 18.6. The third-order valence-electron chi connectivity index (χ3n) is 5.41. The smallest absolute Gasteiger partial charge is 0.274 e. The van der Waals surface area contributed by atoms with Gasteiger partial charge in [-0.1, -0.05) is 26.2 Å². The summed E-state index contributed by atoms with van der Waals surface area (Å²) in [5.74, 6) is -0.156. The van der Waals surface area contributed by atoms with Gasteiger partial charge in [-0.2, -0.15) is 0 Å². The summed E-state index contributed by atoms with van der Waals surface area (Å²) in [6.45, 7) is 10.5. The highest BCUT2D eigenvalue weighted by molar-refractivity contribution is 5.92. The van der Waals surface area contributed by atoms with E-state index in [-0.39, 0.29) is 11.8 Å². The largest absolute Gasteiger partial charge is 0.370 e. The molecule has 2 amide bonds. The molecule has 0 spiro atoms. The van der Waals surface area contributed by atoms with E-state index in [2.05, 4.69) is 22.2 Å². The van der Waals surface area contributed by atoms with Gasteiger partial charge in [-0.15, -0.1) is 0 Å². The quantitative estimate of drug-likeness (QED) is 0.457. The van der Waals surface area contributed by atoms with Gasteiger partial charge in [0.05, 0.1) is 31.6 Å². The number of morpholine rings is 1. The SMILES string of the molecule is CCCCCCN(CCC(=O)NCCC[NH+]1CCOCC1)C(=O)c1cnc(C)cn1. The number of rotatable bonds is 13. The molecular formula is C22H38N5O3+. The van der Waals surface area contributed by atoms with Gasteiger partial charge >= 0.3 is 0 Å². The molecular weight excluding hydrogens is 382 g/mol. The number of ether oxygens (including phenoxy) is 1. The fourth-order valence-corrected chi connectivity index (χ4v) is 3.51. The zero-order chi connectivity index (χ0) is 21.6. The first-order valence-electron chi connectivity index (χ1n) is 11.4. The van der Waals surface area contributed by atoms with Crippen molar-refractivity contribution in [3.8, 4) is 0 Å². The van der Waals surface area contributed by atoms with Crippen molar-refractivity contribution < 1.29 is 19.2 Å². The number of amides is 2. The van der Waals surface area contributed by atoms with Crippen molar-refractivity contribution in [3.05, 3.63) is 23.8 Å². The average molecular weight is 421 g/mol. The van der Waals surface area contributed by atoms with E-state index < -0.39 is 0 Å². The van der Waals surface area contributed by atoms with E-state index in [0.717, 1.165) is 70.6 Å². The van der Waals surface area contributed by atoms with E-state index in [1.165, 1.54) is 6.20 Å². The van der Waals surface area contributed by atoms with Crippen molar-refractivity contribution >= 4 is 11.8 Å². The van der Waals surface area contributed by atoms with Crippen LogP contribution in [-0.4, -0.2) is 79.2 Å². The van der Waals surface area contributed by atoms with E-state index in [0.29, 0.717) is 31.7 Å². The molecule has 0 aromatic carbocycles. The molecule has 1 aromatic rings. The van der Waals surface area contributed by atoms with Crippen molar-refractivity contribution in [2.24, 2.45) is 0 Å². The highest BCUT2D eigenvalue weighted by Gasteiger charge is 2.18. The lowest BCUT2D eigenvalue weighted by Crippen LogP contribution is -3.14. The zero-order valence-electron chi connectivity index (χ0n) is 18.6. The van der Waals surface area contributed by atoms with Crippen molar-refractivity contribution in [1.29, 1.82) is 0 Å². The summed E-state index contributed by atoms with van der Waals surface area (Å²) in [6, 6.07) is 0. The van der Waals surface area contributed by atoms with Gasteiger partial charge in [-0.3, -0.25) is 14.6 Å². The average Bonchev–Trinajstić information content (AvgIpc) is 2.77. The number of nitrogens with one attached hydrogen (secondary N) is 2. The molecule has 1 aliphatic heterocycles. The minimum atomic E-state index is -0.150. The fraction of sp³-hybridized carbons (Fsp3) is 0.727. The van der Waals surface area contributed by atoms with Gasteiger partial charge in [0.1, 0.15) is 18.8 Å². The molecule has 1 saturated heterocycles. The Morgan fingerprint density at radius 1 is 1.10 bits per heavy atom. The van der Waals surface area contributed by atoms with E-state index in [4.69, 9.17) is 4.74 Å². The van der Waals surface area contributed by atoms with Crippen LogP contribution in [0.5, 0.6) is 0 Å². The van der Waals surface area contributed by atoms with Crippen LogP contribution in [0.25, 0.3) is 0 Å². The van der Waals surface area contributed by atoms with Gasteiger partial charge in [0.25, 0.3) is 5.91 Å². The molecule has 0 radical (unpaired) electrons. The molecule has 8 nitrogen and oxygen atoms in total. The molecule has 2 N–H and O–H groups in total. The highest BCUT2D eigenvalue weighted by atomic mass is 16.5. The Morgan fingerprint density at radius 2 is 1.90 bits per heavy atom. The van der Waals surface area contributed by atoms with Gasteiger partial charge in [0.15, 0.2) is 0 Å². The molecule has 30 heavy (non-hydrogen) atoms. The van der Waals surface area contributed by atoms with Crippen molar-refractivity contribution in [2.45, 2.75) is 52.4 Å². The third-order valence-corrected chi connectivity index (χ3v) is 5.41. The normalized spacial score (nSPS) is 14.5.